The van der Waals surface area contributed by atoms with Crippen LogP contribution in [0.15, 0.2) is 11.4 Å². The standard InChI is InChI=1S/C17H29NS/c1-5-10-18-16(14-11-13(2)19-12-14)15-8-6-7-9-17(15,3)4/h11-12,15-16,18H,5-10H2,1-4H3. The Labute approximate surface area is 122 Å². The van der Waals surface area contributed by atoms with Crippen LogP contribution in [-0.2, 0) is 0 Å². The van der Waals surface area contributed by atoms with Crippen molar-refractivity contribution in [2.45, 2.75) is 65.8 Å². The van der Waals surface area contributed by atoms with Gasteiger partial charge in [0.15, 0.2) is 0 Å². The average molecular weight is 279 g/mol. The average Bonchev–Trinajstić information content (AvgIpc) is 2.78. The molecule has 1 fully saturated rings. The topological polar surface area (TPSA) is 12.0 Å². The lowest BCUT2D eigenvalue weighted by Gasteiger charge is -2.43. The molecule has 1 heterocycles. The Morgan fingerprint density at radius 2 is 2.21 bits per heavy atom. The van der Waals surface area contributed by atoms with Crippen molar-refractivity contribution in [2.24, 2.45) is 11.3 Å². The molecular formula is C17H29NS. The van der Waals surface area contributed by atoms with Gasteiger partial charge in [0.2, 0.25) is 0 Å². The normalized spacial score (nSPS) is 24.3. The van der Waals surface area contributed by atoms with Crippen LogP contribution in [0.3, 0.4) is 0 Å². The number of thiophene rings is 1. The molecular weight excluding hydrogens is 250 g/mol. The molecule has 0 saturated heterocycles. The molecule has 0 bridgehead atoms. The zero-order chi connectivity index (χ0) is 13.9. The summed E-state index contributed by atoms with van der Waals surface area (Å²) < 4.78 is 0. The van der Waals surface area contributed by atoms with Crippen molar-refractivity contribution >= 4 is 11.3 Å². The second-order valence-corrected chi connectivity index (χ2v) is 7.88. The number of nitrogens with one attached hydrogen (secondary N) is 1. The molecule has 1 aliphatic rings. The molecule has 1 saturated carbocycles. The van der Waals surface area contributed by atoms with Crippen LogP contribution in [-0.4, -0.2) is 6.54 Å². The van der Waals surface area contributed by atoms with Gasteiger partial charge in [0.25, 0.3) is 0 Å². The van der Waals surface area contributed by atoms with Gasteiger partial charge in [0.1, 0.15) is 0 Å². The van der Waals surface area contributed by atoms with Gasteiger partial charge in [-0.25, -0.2) is 0 Å². The van der Waals surface area contributed by atoms with Gasteiger partial charge in [-0.05, 0) is 61.1 Å². The fourth-order valence-electron chi connectivity index (χ4n) is 3.56. The molecule has 1 nitrogen and oxygen atoms in total. The first-order chi connectivity index (χ1) is 9.04. The SMILES string of the molecule is CCCNC(c1csc(C)c1)C1CCCCC1(C)C. The molecule has 0 radical (unpaired) electrons. The predicted octanol–water partition coefficient (Wildman–Crippen LogP) is 5.31. The van der Waals surface area contributed by atoms with E-state index in [2.05, 4.69) is 44.5 Å². The summed E-state index contributed by atoms with van der Waals surface area (Å²) in [7, 11) is 0. The molecule has 1 aromatic rings. The van der Waals surface area contributed by atoms with Gasteiger partial charge in [-0.1, -0.05) is 33.6 Å². The van der Waals surface area contributed by atoms with Gasteiger partial charge >= 0.3 is 0 Å². The maximum atomic E-state index is 3.83. The molecule has 0 amide bonds. The summed E-state index contributed by atoms with van der Waals surface area (Å²) in [5.41, 5.74) is 2.00. The van der Waals surface area contributed by atoms with Gasteiger partial charge in [-0.2, -0.15) is 0 Å². The Kier molecular flexibility index (Phi) is 5.08. The van der Waals surface area contributed by atoms with E-state index >= 15 is 0 Å². The summed E-state index contributed by atoms with van der Waals surface area (Å²) in [6, 6.07) is 2.95. The molecule has 0 spiro atoms. The zero-order valence-corrected chi connectivity index (χ0v) is 13.8. The number of rotatable bonds is 5. The van der Waals surface area contributed by atoms with Gasteiger partial charge in [0.05, 0.1) is 0 Å². The highest BCUT2D eigenvalue weighted by atomic mass is 32.1. The van der Waals surface area contributed by atoms with E-state index in [0.29, 0.717) is 11.5 Å². The summed E-state index contributed by atoms with van der Waals surface area (Å²) in [6.45, 7) is 10.5. The maximum Gasteiger partial charge on any atom is 0.0362 e. The van der Waals surface area contributed by atoms with Gasteiger partial charge in [-0.3, -0.25) is 0 Å². The summed E-state index contributed by atoms with van der Waals surface area (Å²) in [5.74, 6) is 0.779. The fourth-order valence-corrected chi connectivity index (χ4v) is 4.30. The van der Waals surface area contributed by atoms with Crippen LogP contribution in [0.2, 0.25) is 0 Å². The van der Waals surface area contributed by atoms with E-state index in [1.165, 1.54) is 42.5 Å². The van der Waals surface area contributed by atoms with Crippen LogP contribution < -0.4 is 5.32 Å². The first-order valence-electron chi connectivity index (χ1n) is 7.83. The third-order valence-electron chi connectivity index (χ3n) is 4.72. The molecule has 108 valence electrons. The van der Waals surface area contributed by atoms with Gasteiger partial charge in [-0.15, -0.1) is 11.3 Å². The smallest absolute Gasteiger partial charge is 0.0362 e. The van der Waals surface area contributed by atoms with Gasteiger partial charge in [0, 0.05) is 10.9 Å². The summed E-state index contributed by atoms with van der Waals surface area (Å²) in [5, 5.41) is 6.20. The van der Waals surface area contributed by atoms with E-state index in [4.69, 9.17) is 0 Å². The Balaban J connectivity index is 2.21. The van der Waals surface area contributed by atoms with Crippen LogP contribution in [0.5, 0.6) is 0 Å². The fraction of sp³-hybridized carbons (Fsp3) is 0.765. The van der Waals surface area contributed by atoms with Crippen molar-refractivity contribution in [2.75, 3.05) is 6.54 Å². The van der Waals surface area contributed by atoms with Crippen LogP contribution in [0.1, 0.15) is 69.4 Å². The number of hydrogen-bond acceptors (Lipinski definition) is 2. The van der Waals surface area contributed by atoms with Crippen molar-refractivity contribution < 1.29 is 0 Å². The van der Waals surface area contributed by atoms with Crippen LogP contribution >= 0.6 is 11.3 Å². The Bertz CT molecular complexity index is 394. The van der Waals surface area contributed by atoms with Crippen molar-refractivity contribution in [1.82, 2.24) is 5.32 Å². The first-order valence-corrected chi connectivity index (χ1v) is 8.71. The van der Waals surface area contributed by atoms with Crippen LogP contribution in [0.4, 0.5) is 0 Å². The lowest BCUT2D eigenvalue weighted by atomic mass is 9.65. The monoisotopic (exact) mass is 279 g/mol. The minimum absolute atomic E-state index is 0.472. The number of hydrogen-bond donors (Lipinski definition) is 1. The molecule has 1 aromatic heterocycles. The lowest BCUT2D eigenvalue weighted by Crippen LogP contribution is -2.39. The van der Waals surface area contributed by atoms with E-state index in [-0.39, 0.29) is 0 Å². The maximum absolute atomic E-state index is 3.83. The molecule has 1 N–H and O–H groups in total. The molecule has 0 aromatic carbocycles. The second kappa shape index (κ2) is 6.41. The van der Waals surface area contributed by atoms with Crippen molar-refractivity contribution in [3.63, 3.8) is 0 Å². The van der Waals surface area contributed by atoms with Crippen molar-refractivity contribution in [1.29, 1.82) is 0 Å². The minimum atomic E-state index is 0.472. The third-order valence-corrected chi connectivity index (χ3v) is 5.60. The van der Waals surface area contributed by atoms with Crippen LogP contribution in [0.25, 0.3) is 0 Å². The highest BCUT2D eigenvalue weighted by molar-refractivity contribution is 7.10. The van der Waals surface area contributed by atoms with Crippen LogP contribution in [0, 0.1) is 18.3 Å². The highest BCUT2D eigenvalue weighted by Crippen LogP contribution is 2.47. The molecule has 2 heteroatoms. The van der Waals surface area contributed by atoms with E-state index in [1.54, 1.807) is 0 Å². The zero-order valence-electron chi connectivity index (χ0n) is 13.0. The minimum Gasteiger partial charge on any atom is -0.310 e. The Hall–Kier alpha value is -0.340. The van der Waals surface area contributed by atoms with Crippen molar-refractivity contribution in [3.8, 4) is 0 Å². The Morgan fingerprint density at radius 3 is 2.79 bits per heavy atom. The van der Waals surface area contributed by atoms with E-state index in [0.717, 1.165) is 12.5 Å². The quantitative estimate of drug-likeness (QED) is 0.770. The number of aryl methyl sites for hydroxylation is 1. The first kappa shape index (κ1) is 15.1. The van der Waals surface area contributed by atoms with Crippen molar-refractivity contribution in [3.05, 3.63) is 21.9 Å². The summed E-state index contributed by atoms with van der Waals surface area (Å²) in [6.07, 6.45) is 6.79. The van der Waals surface area contributed by atoms with E-state index in [9.17, 15) is 0 Å². The third kappa shape index (κ3) is 3.61. The summed E-state index contributed by atoms with van der Waals surface area (Å²) >= 11 is 1.89. The molecule has 2 atom stereocenters. The molecule has 19 heavy (non-hydrogen) atoms. The van der Waals surface area contributed by atoms with E-state index in [1.807, 2.05) is 11.3 Å². The largest absolute Gasteiger partial charge is 0.310 e. The second-order valence-electron chi connectivity index (χ2n) is 6.76. The van der Waals surface area contributed by atoms with E-state index < -0.39 is 0 Å². The molecule has 2 unspecified atom stereocenters. The molecule has 2 rings (SSSR count). The summed E-state index contributed by atoms with van der Waals surface area (Å²) in [4.78, 5) is 1.44. The Morgan fingerprint density at radius 1 is 1.42 bits per heavy atom. The molecule has 0 aliphatic heterocycles. The predicted molar refractivity (Wildman–Crippen MR) is 85.8 cm³/mol. The van der Waals surface area contributed by atoms with Gasteiger partial charge < -0.3 is 5.32 Å². The lowest BCUT2D eigenvalue weighted by molar-refractivity contribution is 0.0983. The highest BCUT2D eigenvalue weighted by Gasteiger charge is 2.38. The molecule has 1 aliphatic carbocycles.